The van der Waals surface area contributed by atoms with E-state index in [0.29, 0.717) is 0 Å². The Morgan fingerprint density at radius 2 is 2.33 bits per heavy atom. The number of benzene rings is 1. The first-order valence-corrected chi connectivity index (χ1v) is 5.93. The molecule has 61 valence electrons. The monoisotopic (exact) mass is 221 g/mol. The standard InChI is InChI=1S/C10H10AsO/c12-11-10-5-3-9(4-6-10)7-8-1-2-8/h3-5,8H,1-2,7H2. The van der Waals surface area contributed by atoms with Crippen LogP contribution in [0.2, 0.25) is 0 Å². The van der Waals surface area contributed by atoms with Gasteiger partial charge in [-0.25, -0.2) is 0 Å². The third-order valence-corrected chi connectivity index (χ3v) is 3.18. The fourth-order valence-electron chi connectivity index (χ4n) is 1.29. The van der Waals surface area contributed by atoms with Crippen LogP contribution in [0, 0.1) is 12.0 Å². The molecule has 0 bridgehead atoms. The second kappa shape index (κ2) is 3.53. The molecule has 0 heterocycles. The van der Waals surface area contributed by atoms with E-state index >= 15 is 0 Å². The predicted octanol–water partition coefficient (Wildman–Crippen LogP) is 1.11. The molecule has 1 fully saturated rings. The second-order valence-electron chi connectivity index (χ2n) is 3.32. The minimum atomic E-state index is -0.887. The fraction of sp³-hybridized carbons (Fsp3) is 0.400. The van der Waals surface area contributed by atoms with Gasteiger partial charge in [0.1, 0.15) is 0 Å². The van der Waals surface area contributed by atoms with Gasteiger partial charge >= 0.3 is 78.8 Å². The maximum atomic E-state index is 10.5. The molecule has 0 atom stereocenters. The number of hydrogen-bond acceptors (Lipinski definition) is 1. The van der Waals surface area contributed by atoms with Crippen molar-refractivity contribution in [3.05, 3.63) is 29.8 Å². The van der Waals surface area contributed by atoms with E-state index in [4.69, 9.17) is 0 Å². The minimum absolute atomic E-state index is 0.866. The first kappa shape index (κ1) is 8.19. The van der Waals surface area contributed by atoms with Crippen LogP contribution in [0.5, 0.6) is 0 Å². The molecule has 0 unspecified atom stereocenters. The summed E-state index contributed by atoms with van der Waals surface area (Å²) in [7, 11) is 0. The molecule has 0 spiro atoms. The van der Waals surface area contributed by atoms with E-state index in [9.17, 15) is 3.74 Å². The zero-order valence-corrected chi connectivity index (χ0v) is 8.66. The van der Waals surface area contributed by atoms with Crippen molar-refractivity contribution in [3.8, 4) is 0 Å². The summed E-state index contributed by atoms with van der Waals surface area (Å²) in [4.78, 5) is 0. The maximum absolute atomic E-state index is 10.5. The van der Waals surface area contributed by atoms with Crippen molar-refractivity contribution in [1.82, 2.24) is 0 Å². The van der Waals surface area contributed by atoms with Crippen molar-refractivity contribution in [3.63, 3.8) is 0 Å². The van der Waals surface area contributed by atoms with Crippen molar-refractivity contribution in [2.75, 3.05) is 0 Å². The Balaban J connectivity index is 2.07. The van der Waals surface area contributed by atoms with Crippen LogP contribution in [0.1, 0.15) is 18.4 Å². The van der Waals surface area contributed by atoms with Gasteiger partial charge in [0.15, 0.2) is 0 Å². The van der Waals surface area contributed by atoms with Crippen LogP contribution in [0.15, 0.2) is 18.2 Å². The van der Waals surface area contributed by atoms with Gasteiger partial charge in [-0.15, -0.1) is 0 Å². The molecule has 1 saturated carbocycles. The first-order valence-electron chi connectivity index (χ1n) is 4.22. The van der Waals surface area contributed by atoms with Gasteiger partial charge in [-0.05, 0) is 0 Å². The molecule has 12 heavy (non-hydrogen) atoms. The van der Waals surface area contributed by atoms with Gasteiger partial charge in [0.25, 0.3) is 0 Å². The topological polar surface area (TPSA) is 17.1 Å². The van der Waals surface area contributed by atoms with Gasteiger partial charge in [0.05, 0.1) is 0 Å². The van der Waals surface area contributed by atoms with E-state index in [1.165, 1.54) is 24.8 Å². The quantitative estimate of drug-likeness (QED) is 0.699. The van der Waals surface area contributed by atoms with Crippen LogP contribution < -0.4 is 4.35 Å². The Labute approximate surface area is 79.1 Å². The predicted molar refractivity (Wildman–Crippen MR) is 47.8 cm³/mol. The molecular weight excluding hydrogens is 211 g/mol. The van der Waals surface area contributed by atoms with Crippen LogP contribution in [-0.4, -0.2) is 15.7 Å². The summed E-state index contributed by atoms with van der Waals surface area (Å²) in [5.74, 6) is 0.921. The summed E-state index contributed by atoms with van der Waals surface area (Å²) >= 11 is -0.887. The third kappa shape index (κ3) is 2.04. The van der Waals surface area contributed by atoms with E-state index < -0.39 is 15.7 Å². The molecule has 1 aliphatic carbocycles. The Kier molecular flexibility index (Phi) is 2.41. The van der Waals surface area contributed by atoms with Crippen molar-refractivity contribution >= 4 is 20.0 Å². The summed E-state index contributed by atoms with van der Waals surface area (Å²) in [6.45, 7) is 0. The molecule has 0 saturated heterocycles. The molecule has 0 N–H and O–H groups in total. The summed E-state index contributed by atoms with van der Waals surface area (Å²) < 4.78 is 11.4. The molecule has 0 amide bonds. The van der Waals surface area contributed by atoms with Crippen LogP contribution in [-0.2, 0) is 10.2 Å². The van der Waals surface area contributed by atoms with E-state index in [1.54, 1.807) is 0 Å². The Bertz CT molecular complexity index is 274. The summed E-state index contributed by atoms with van der Waals surface area (Å²) in [6.07, 6.45) is 3.95. The van der Waals surface area contributed by atoms with Crippen LogP contribution in [0.25, 0.3) is 0 Å². The van der Waals surface area contributed by atoms with Gasteiger partial charge in [-0.2, -0.15) is 0 Å². The molecule has 1 nitrogen and oxygen atoms in total. The van der Waals surface area contributed by atoms with Crippen LogP contribution in [0.4, 0.5) is 0 Å². The van der Waals surface area contributed by atoms with Gasteiger partial charge < -0.3 is 0 Å². The Morgan fingerprint density at radius 1 is 1.50 bits per heavy atom. The number of rotatable bonds is 3. The molecule has 1 aromatic rings. The van der Waals surface area contributed by atoms with E-state index in [0.717, 1.165) is 10.3 Å². The van der Waals surface area contributed by atoms with Crippen molar-refractivity contribution in [1.29, 1.82) is 0 Å². The molecule has 0 aliphatic heterocycles. The molecule has 1 aliphatic rings. The van der Waals surface area contributed by atoms with Crippen molar-refractivity contribution < 1.29 is 3.74 Å². The van der Waals surface area contributed by atoms with E-state index in [-0.39, 0.29) is 0 Å². The summed E-state index contributed by atoms with van der Waals surface area (Å²) in [5.41, 5.74) is 1.34. The van der Waals surface area contributed by atoms with Gasteiger partial charge in [-0.3, -0.25) is 0 Å². The summed E-state index contributed by atoms with van der Waals surface area (Å²) in [5, 5.41) is 0. The van der Waals surface area contributed by atoms with E-state index in [1.807, 2.05) is 12.1 Å². The molecule has 0 aromatic heterocycles. The molecule has 1 radical (unpaired) electrons. The average molecular weight is 221 g/mol. The molecule has 2 rings (SSSR count). The van der Waals surface area contributed by atoms with Crippen molar-refractivity contribution in [2.45, 2.75) is 19.3 Å². The van der Waals surface area contributed by atoms with Crippen LogP contribution in [0.3, 0.4) is 0 Å². The zero-order chi connectivity index (χ0) is 8.39. The summed E-state index contributed by atoms with van der Waals surface area (Å²) in [6, 6.07) is 9.05. The van der Waals surface area contributed by atoms with E-state index in [2.05, 4.69) is 12.1 Å². The van der Waals surface area contributed by atoms with Gasteiger partial charge in [-0.1, -0.05) is 0 Å². The third-order valence-electron chi connectivity index (χ3n) is 2.18. The SMILES string of the molecule is O=[As]c1[c]cc(CC2CC2)cc1. The molecule has 1 aromatic carbocycles. The van der Waals surface area contributed by atoms with Gasteiger partial charge in [0.2, 0.25) is 0 Å². The fourth-order valence-corrected chi connectivity index (χ4v) is 1.82. The second-order valence-corrected chi connectivity index (χ2v) is 4.71. The Morgan fingerprint density at radius 3 is 2.83 bits per heavy atom. The number of hydrogen-bond donors (Lipinski definition) is 0. The molecular formula is C10H10AsO. The average Bonchev–Trinajstić information content (AvgIpc) is 2.90. The normalized spacial score (nSPS) is 16.7. The zero-order valence-electron chi connectivity index (χ0n) is 6.79. The Hall–Kier alpha value is -0.422. The van der Waals surface area contributed by atoms with Crippen LogP contribution >= 0.6 is 0 Å². The first-order chi connectivity index (χ1) is 5.88. The van der Waals surface area contributed by atoms with Crippen molar-refractivity contribution in [2.24, 2.45) is 5.92 Å². The molecule has 2 heteroatoms. The van der Waals surface area contributed by atoms with Gasteiger partial charge in [0, 0.05) is 0 Å².